The van der Waals surface area contributed by atoms with Gasteiger partial charge in [-0.2, -0.15) is 0 Å². The third kappa shape index (κ3) is 5.69. The monoisotopic (exact) mass is 478 g/mol. The summed E-state index contributed by atoms with van der Waals surface area (Å²) >= 11 is 1.24. The lowest BCUT2D eigenvalue weighted by Gasteiger charge is -2.22. The van der Waals surface area contributed by atoms with Crippen LogP contribution >= 0.6 is 11.3 Å². The Balaban J connectivity index is 1.60. The van der Waals surface area contributed by atoms with E-state index in [0.717, 1.165) is 22.9 Å². The van der Waals surface area contributed by atoms with E-state index in [1.54, 1.807) is 19.2 Å². The number of carbonyl (C=O) groups is 1. The highest BCUT2D eigenvalue weighted by Crippen LogP contribution is 2.32. The van der Waals surface area contributed by atoms with Gasteiger partial charge in [-0.05, 0) is 47.9 Å². The number of fused-ring (bicyclic) bond motifs is 1. The predicted octanol–water partition coefficient (Wildman–Crippen LogP) is 5.27. The molecule has 0 radical (unpaired) electrons. The van der Waals surface area contributed by atoms with E-state index >= 15 is 0 Å². The van der Waals surface area contributed by atoms with Crippen LogP contribution in [0.1, 0.15) is 16.7 Å². The van der Waals surface area contributed by atoms with E-state index < -0.39 is 17.6 Å². The Morgan fingerprint density at radius 2 is 1.79 bits per heavy atom. The van der Waals surface area contributed by atoms with Crippen molar-refractivity contribution in [2.24, 2.45) is 0 Å². The lowest BCUT2D eigenvalue weighted by atomic mass is 10.1. The van der Waals surface area contributed by atoms with Crippen LogP contribution in [0.4, 0.5) is 13.9 Å². The molecule has 0 bridgehead atoms. The molecule has 1 aromatic heterocycles. The highest BCUT2D eigenvalue weighted by atomic mass is 32.1. The minimum atomic E-state index is -1.19. The number of hydrogen-bond acceptors (Lipinski definition) is 5. The van der Waals surface area contributed by atoms with Crippen molar-refractivity contribution in [2.45, 2.75) is 13.0 Å². The summed E-state index contributed by atoms with van der Waals surface area (Å²) in [5.41, 5.74) is 2.79. The molecular formula is C26H20F2N2O3S. The highest BCUT2D eigenvalue weighted by molar-refractivity contribution is 7.22. The fourth-order valence-electron chi connectivity index (χ4n) is 3.42. The average Bonchev–Trinajstić information content (AvgIpc) is 3.26. The van der Waals surface area contributed by atoms with Gasteiger partial charge in [-0.3, -0.25) is 0 Å². The molecule has 5 nitrogen and oxygen atoms in total. The van der Waals surface area contributed by atoms with Crippen LogP contribution < -0.4 is 9.64 Å². The molecule has 0 unspecified atom stereocenters. The van der Waals surface area contributed by atoms with Gasteiger partial charge in [0.15, 0.2) is 10.9 Å². The molecule has 8 heteroatoms. The van der Waals surface area contributed by atoms with Crippen LogP contribution in [-0.2, 0) is 17.8 Å². The first-order valence-corrected chi connectivity index (χ1v) is 11.2. The fraction of sp³-hybridized carbons (Fsp3) is 0.154. The van der Waals surface area contributed by atoms with Gasteiger partial charge in [-0.25, -0.2) is 18.6 Å². The standard InChI is InChI=1S/C26H20F2N2O3S/c1-33-21-9-6-18(7-10-21)12-13-30(16-19-4-2-17(3-5-19)8-11-24(31)32)26-29-25-22(28)14-20(27)15-23(25)34-26/h2-7,9-10,14-15H,12-13,16H2,1H3,(H,31,32). The minimum absolute atomic E-state index is 0.148. The lowest BCUT2D eigenvalue weighted by Crippen LogP contribution is -2.25. The molecule has 0 aliphatic heterocycles. The number of methoxy groups -OCH3 is 1. The minimum Gasteiger partial charge on any atom is -0.497 e. The van der Waals surface area contributed by atoms with Gasteiger partial charge in [-0.1, -0.05) is 41.5 Å². The van der Waals surface area contributed by atoms with Crippen molar-refractivity contribution in [3.63, 3.8) is 0 Å². The van der Waals surface area contributed by atoms with Crippen LogP contribution in [-0.4, -0.2) is 29.7 Å². The maximum Gasteiger partial charge on any atom is 0.382 e. The zero-order valence-electron chi connectivity index (χ0n) is 18.2. The van der Waals surface area contributed by atoms with E-state index in [4.69, 9.17) is 9.84 Å². The van der Waals surface area contributed by atoms with Gasteiger partial charge in [0.05, 0.1) is 11.8 Å². The van der Waals surface area contributed by atoms with E-state index in [1.807, 2.05) is 41.3 Å². The smallest absolute Gasteiger partial charge is 0.382 e. The van der Waals surface area contributed by atoms with Crippen LogP contribution in [0.25, 0.3) is 10.2 Å². The molecule has 34 heavy (non-hydrogen) atoms. The van der Waals surface area contributed by atoms with Crippen molar-refractivity contribution in [3.05, 3.63) is 89.0 Å². The Hall–Kier alpha value is -3.96. The summed E-state index contributed by atoms with van der Waals surface area (Å²) in [7, 11) is 1.62. The zero-order valence-corrected chi connectivity index (χ0v) is 19.0. The van der Waals surface area contributed by atoms with Crippen molar-refractivity contribution >= 4 is 32.7 Å². The summed E-state index contributed by atoms with van der Waals surface area (Å²) in [6.07, 6.45) is 0.707. The Labute approximate surface area is 199 Å². The van der Waals surface area contributed by atoms with Gasteiger partial charge in [0, 0.05) is 30.6 Å². The third-order valence-corrected chi connectivity index (χ3v) is 6.21. The number of hydrogen-bond donors (Lipinski definition) is 1. The molecule has 4 rings (SSSR count). The summed E-state index contributed by atoms with van der Waals surface area (Å²) in [6, 6.07) is 17.1. The van der Waals surface area contributed by atoms with Gasteiger partial charge in [-0.15, -0.1) is 0 Å². The Bertz CT molecular complexity index is 1370. The van der Waals surface area contributed by atoms with Crippen LogP contribution in [0, 0.1) is 23.5 Å². The van der Waals surface area contributed by atoms with Gasteiger partial charge in [0.25, 0.3) is 0 Å². The molecule has 3 aromatic carbocycles. The predicted molar refractivity (Wildman–Crippen MR) is 128 cm³/mol. The van der Waals surface area contributed by atoms with Crippen LogP contribution in [0.15, 0.2) is 60.7 Å². The van der Waals surface area contributed by atoms with E-state index in [2.05, 4.69) is 16.8 Å². The molecule has 0 atom stereocenters. The summed E-state index contributed by atoms with van der Waals surface area (Å²) in [5.74, 6) is 2.94. The Morgan fingerprint density at radius 3 is 2.47 bits per heavy atom. The number of carboxylic acid groups (broad SMARTS) is 1. The summed E-state index contributed by atoms with van der Waals surface area (Å²) in [4.78, 5) is 17.1. The second-order valence-corrected chi connectivity index (χ2v) is 8.51. The molecule has 0 saturated carbocycles. The van der Waals surface area contributed by atoms with Crippen molar-refractivity contribution in [2.75, 3.05) is 18.6 Å². The largest absolute Gasteiger partial charge is 0.497 e. The SMILES string of the molecule is COc1ccc(CCN(Cc2ccc(C#CC(=O)O)cc2)c2nc3c(F)cc(F)cc3s2)cc1. The molecule has 0 fully saturated rings. The van der Waals surface area contributed by atoms with Gasteiger partial charge in [0.1, 0.15) is 17.1 Å². The lowest BCUT2D eigenvalue weighted by molar-refractivity contribution is -0.130. The summed E-state index contributed by atoms with van der Waals surface area (Å²) in [6.45, 7) is 1.07. The molecule has 0 saturated heterocycles. The number of thiazole rings is 1. The van der Waals surface area contributed by atoms with E-state index in [0.29, 0.717) is 34.9 Å². The average molecular weight is 479 g/mol. The molecule has 0 aliphatic carbocycles. The van der Waals surface area contributed by atoms with Crippen LogP contribution in [0.2, 0.25) is 0 Å². The quantitative estimate of drug-likeness (QED) is 0.367. The van der Waals surface area contributed by atoms with Crippen LogP contribution in [0.5, 0.6) is 5.75 Å². The molecular weight excluding hydrogens is 458 g/mol. The van der Waals surface area contributed by atoms with Crippen molar-refractivity contribution in [1.29, 1.82) is 0 Å². The third-order valence-electron chi connectivity index (χ3n) is 5.14. The Kier molecular flexibility index (Phi) is 7.04. The Morgan fingerprint density at radius 1 is 1.09 bits per heavy atom. The number of halogens is 2. The van der Waals surface area contributed by atoms with E-state index in [1.165, 1.54) is 17.4 Å². The van der Waals surface area contributed by atoms with E-state index in [-0.39, 0.29) is 5.52 Å². The first kappa shape index (κ1) is 23.2. The fourth-order valence-corrected chi connectivity index (χ4v) is 4.45. The molecule has 1 heterocycles. The number of carboxylic acids is 1. The maximum absolute atomic E-state index is 14.3. The number of aliphatic carboxylic acids is 1. The van der Waals surface area contributed by atoms with E-state index in [9.17, 15) is 13.6 Å². The normalized spacial score (nSPS) is 10.6. The molecule has 0 spiro atoms. The zero-order chi connectivity index (χ0) is 24.1. The number of benzene rings is 3. The first-order chi connectivity index (χ1) is 16.4. The van der Waals surface area contributed by atoms with Gasteiger partial charge < -0.3 is 14.7 Å². The van der Waals surface area contributed by atoms with Crippen LogP contribution in [0.3, 0.4) is 0 Å². The molecule has 1 N–H and O–H groups in total. The van der Waals surface area contributed by atoms with Crippen molar-refractivity contribution in [3.8, 4) is 17.6 Å². The molecule has 4 aromatic rings. The second kappa shape index (κ2) is 10.3. The summed E-state index contributed by atoms with van der Waals surface area (Å²) in [5, 5.41) is 9.30. The van der Waals surface area contributed by atoms with Crippen molar-refractivity contribution < 1.29 is 23.4 Å². The summed E-state index contributed by atoms with van der Waals surface area (Å²) < 4.78 is 33.6. The maximum atomic E-state index is 14.3. The first-order valence-electron chi connectivity index (χ1n) is 10.4. The van der Waals surface area contributed by atoms with Crippen molar-refractivity contribution in [1.82, 2.24) is 4.98 Å². The second-order valence-electron chi connectivity index (χ2n) is 7.50. The molecule has 0 aliphatic rings. The van der Waals surface area contributed by atoms with Gasteiger partial charge >= 0.3 is 5.97 Å². The number of aromatic nitrogens is 1. The number of nitrogens with zero attached hydrogens (tertiary/aromatic N) is 2. The topological polar surface area (TPSA) is 62.7 Å². The molecule has 0 amide bonds. The van der Waals surface area contributed by atoms with Gasteiger partial charge in [0.2, 0.25) is 0 Å². The number of ether oxygens (including phenoxy) is 1. The number of anilines is 1. The molecule has 172 valence electrons. The highest BCUT2D eigenvalue weighted by Gasteiger charge is 2.16. The number of rotatable bonds is 7.